The summed E-state index contributed by atoms with van der Waals surface area (Å²) in [6.07, 6.45) is 0. The lowest BCUT2D eigenvalue weighted by Crippen LogP contribution is -2.20. The van der Waals surface area contributed by atoms with Gasteiger partial charge in [-0.05, 0) is 67.4 Å². The highest BCUT2D eigenvalue weighted by atomic mass is 16.5. The Morgan fingerprint density at radius 1 is 1.04 bits per heavy atom. The lowest BCUT2D eigenvalue weighted by molar-refractivity contribution is -0.118. The van der Waals surface area contributed by atoms with Gasteiger partial charge in [0.25, 0.3) is 5.91 Å². The van der Waals surface area contributed by atoms with Crippen molar-refractivity contribution in [2.75, 3.05) is 11.9 Å². The Morgan fingerprint density at radius 3 is 2.54 bits per heavy atom. The Kier molecular flexibility index (Phi) is 4.81. The number of carbonyl (C=O) groups excluding carboxylic acids is 1. The summed E-state index contributed by atoms with van der Waals surface area (Å²) in [6.45, 7) is 4.01. The van der Waals surface area contributed by atoms with Crippen molar-refractivity contribution in [3.8, 4) is 17.2 Å². The number of benzene rings is 3. The summed E-state index contributed by atoms with van der Waals surface area (Å²) in [6, 6.07) is 20.7. The van der Waals surface area contributed by atoms with Crippen LogP contribution < -0.4 is 10.1 Å². The third-order valence-electron chi connectivity index (χ3n) is 4.35. The number of carbonyl (C=O) groups is 1. The van der Waals surface area contributed by atoms with E-state index in [2.05, 4.69) is 16.4 Å². The second kappa shape index (κ2) is 7.56. The van der Waals surface area contributed by atoms with Crippen LogP contribution in [-0.2, 0) is 4.79 Å². The van der Waals surface area contributed by atoms with Crippen molar-refractivity contribution in [1.29, 1.82) is 0 Å². The fourth-order valence-electron chi connectivity index (χ4n) is 3.06. The number of fused-ring (bicyclic) bond motifs is 1. The first-order valence-corrected chi connectivity index (χ1v) is 9.04. The summed E-state index contributed by atoms with van der Waals surface area (Å²) in [5.74, 6) is 1.01. The molecule has 1 aromatic heterocycles. The van der Waals surface area contributed by atoms with E-state index in [9.17, 15) is 4.79 Å². The summed E-state index contributed by atoms with van der Waals surface area (Å²) in [7, 11) is 0. The van der Waals surface area contributed by atoms with Crippen LogP contribution in [0.25, 0.3) is 22.6 Å². The lowest BCUT2D eigenvalue weighted by atomic mass is 10.1. The first-order chi connectivity index (χ1) is 13.6. The van der Waals surface area contributed by atoms with Gasteiger partial charge in [0.1, 0.15) is 11.3 Å². The predicted octanol–water partition coefficient (Wildman–Crippen LogP) is 5.13. The number of hydrogen-bond acceptors (Lipinski definition) is 4. The van der Waals surface area contributed by atoms with E-state index in [-0.39, 0.29) is 12.5 Å². The predicted molar refractivity (Wildman–Crippen MR) is 109 cm³/mol. The fraction of sp³-hybridized carbons (Fsp3) is 0.130. The van der Waals surface area contributed by atoms with Crippen molar-refractivity contribution < 1.29 is 13.9 Å². The molecule has 0 aliphatic heterocycles. The van der Waals surface area contributed by atoms with Crippen LogP contribution in [0.3, 0.4) is 0 Å². The van der Waals surface area contributed by atoms with Gasteiger partial charge in [0.2, 0.25) is 5.89 Å². The first kappa shape index (κ1) is 17.8. The molecule has 1 heterocycles. The summed E-state index contributed by atoms with van der Waals surface area (Å²) < 4.78 is 11.4. The normalized spacial score (nSPS) is 10.8. The highest BCUT2D eigenvalue weighted by Gasteiger charge is 2.11. The minimum absolute atomic E-state index is 0.0461. The van der Waals surface area contributed by atoms with Crippen molar-refractivity contribution in [2.24, 2.45) is 0 Å². The second-order valence-corrected chi connectivity index (χ2v) is 6.68. The van der Waals surface area contributed by atoms with E-state index in [4.69, 9.17) is 9.15 Å². The molecule has 1 amide bonds. The van der Waals surface area contributed by atoms with Crippen molar-refractivity contribution in [2.45, 2.75) is 13.8 Å². The molecule has 0 aliphatic rings. The molecule has 0 spiro atoms. The highest BCUT2D eigenvalue weighted by Crippen LogP contribution is 2.28. The maximum absolute atomic E-state index is 12.1. The average Bonchev–Trinajstić information content (AvgIpc) is 3.12. The summed E-state index contributed by atoms with van der Waals surface area (Å²) in [5, 5.41) is 2.82. The summed E-state index contributed by atoms with van der Waals surface area (Å²) >= 11 is 0. The van der Waals surface area contributed by atoms with Gasteiger partial charge in [-0.2, -0.15) is 0 Å². The molecular formula is C23H20N2O3. The van der Waals surface area contributed by atoms with E-state index in [0.29, 0.717) is 17.3 Å². The van der Waals surface area contributed by atoms with Gasteiger partial charge >= 0.3 is 0 Å². The van der Waals surface area contributed by atoms with Gasteiger partial charge in [-0.3, -0.25) is 4.79 Å². The minimum atomic E-state index is -0.218. The number of hydrogen-bond donors (Lipinski definition) is 1. The number of ether oxygens (including phenoxy) is 1. The standard InChI is InChI=1S/C23H20N2O3/c1-15-12-16(2)22-20(13-15)25-23(28-22)17-8-10-18(11-9-17)24-21(26)14-27-19-6-4-3-5-7-19/h3-13H,14H2,1-2H3,(H,24,26). The largest absolute Gasteiger partial charge is 0.484 e. The van der Waals surface area contributed by atoms with Crippen molar-refractivity contribution in [1.82, 2.24) is 4.98 Å². The van der Waals surface area contributed by atoms with Crippen molar-refractivity contribution in [3.63, 3.8) is 0 Å². The van der Waals surface area contributed by atoms with Crippen LogP contribution in [0.5, 0.6) is 5.75 Å². The molecule has 0 saturated carbocycles. The summed E-state index contributed by atoms with van der Waals surface area (Å²) in [4.78, 5) is 16.6. The van der Waals surface area contributed by atoms with Gasteiger partial charge in [-0.25, -0.2) is 4.98 Å². The zero-order chi connectivity index (χ0) is 19.5. The molecular weight excluding hydrogens is 352 g/mol. The average molecular weight is 372 g/mol. The smallest absolute Gasteiger partial charge is 0.262 e. The number of rotatable bonds is 5. The molecule has 0 atom stereocenters. The van der Waals surface area contributed by atoms with Crippen LogP contribution in [0, 0.1) is 13.8 Å². The number of anilines is 1. The monoisotopic (exact) mass is 372 g/mol. The first-order valence-electron chi connectivity index (χ1n) is 9.04. The number of aromatic nitrogens is 1. The number of nitrogens with zero attached hydrogens (tertiary/aromatic N) is 1. The van der Waals surface area contributed by atoms with E-state index in [0.717, 1.165) is 27.8 Å². The molecule has 0 saturated heterocycles. The molecule has 0 unspecified atom stereocenters. The molecule has 3 aromatic carbocycles. The number of para-hydroxylation sites is 1. The number of oxazole rings is 1. The maximum atomic E-state index is 12.1. The molecule has 1 N–H and O–H groups in total. The lowest BCUT2D eigenvalue weighted by Gasteiger charge is -2.07. The Morgan fingerprint density at radius 2 is 1.79 bits per heavy atom. The van der Waals surface area contributed by atoms with Crippen molar-refractivity contribution >= 4 is 22.7 Å². The van der Waals surface area contributed by atoms with Gasteiger partial charge in [-0.15, -0.1) is 0 Å². The van der Waals surface area contributed by atoms with E-state index in [1.807, 2.05) is 74.5 Å². The van der Waals surface area contributed by atoms with E-state index in [1.54, 1.807) is 0 Å². The van der Waals surface area contributed by atoms with Gasteiger partial charge < -0.3 is 14.5 Å². The number of nitrogens with one attached hydrogen (secondary N) is 1. The molecule has 0 aliphatic carbocycles. The molecule has 5 nitrogen and oxygen atoms in total. The third kappa shape index (κ3) is 3.88. The summed E-state index contributed by atoms with van der Waals surface area (Å²) in [5.41, 5.74) is 5.41. The van der Waals surface area contributed by atoms with Gasteiger partial charge in [-0.1, -0.05) is 24.3 Å². The molecule has 5 heteroatoms. The zero-order valence-corrected chi connectivity index (χ0v) is 15.7. The maximum Gasteiger partial charge on any atom is 0.262 e. The third-order valence-corrected chi connectivity index (χ3v) is 4.35. The van der Waals surface area contributed by atoms with Crippen LogP contribution in [0.1, 0.15) is 11.1 Å². The van der Waals surface area contributed by atoms with Crippen LogP contribution >= 0.6 is 0 Å². The van der Waals surface area contributed by atoms with Crippen LogP contribution in [0.15, 0.2) is 71.1 Å². The second-order valence-electron chi connectivity index (χ2n) is 6.68. The Bertz CT molecular complexity index is 1120. The quantitative estimate of drug-likeness (QED) is 0.527. The van der Waals surface area contributed by atoms with Crippen LogP contribution in [-0.4, -0.2) is 17.5 Å². The molecule has 4 aromatic rings. The Labute approximate surface area is 163 Å². The Balaban J connectivity index is 1.44. The van der Waals surface area contributed by atoms with Gasteiger partial charge in [0.15, 0.2) is 12.2 Å². The van der Waals surface area contributed by atoms with Gasteiger partial charge in [0.05, 0.1) is 0 Å². The zero-order valence-electron chi connectivity index (χ0n) is 15.7. The number of aryl methyl sites for hydroxylation is 2. The van der Waals surface area contributed by atoms with E-state index >= 15 is 0 Å². The van der Waals surface area contributed by atoms with Crippen molar-refractivity contribution in [3.05, 3.63) is 77.9 Å². The van der Waals surface area contributed by atoms with Gasteiger partial charge in [0, 0.05) is 11.3 Å². The SMILES string of the molecule is Cc1cc(C)c2oc(-c3ccc(NC(=O)COc4ccccc4)cc3)nc2c1. The van der Waals surface area contributed by atoms with E-state index in [1.165, 1.54) is 0 Å². The molecule has 140 valence electrons. The number of amides is 1. The van der Waals surface area contributed by atoms with Crippen LogP contribution in [0.2, 0.25) is 0 Å². The van der Waals surface area contributed by atoms with Crippen LogP contribution in [0.4, 0.5) is 5.69 Å². The molecule has 4 rings (SSSR count). The Hall–Kier alpha value is -3.60. The highest BCUT2D eigenvalue weighted by molar-refractivity contribution is 5.92. The molecule has 0 bridgehead atoms. The molecule has 28 heavy (non-hydrogen) atoms. The topological polar surface area (TPSA) is 64.4 Å². The molecule has 0 radical (unpaired) electrons. The molecule has 0 fully saturated rings. The van der Waals surface area contributed by atoms with E-state index < -0.39 is 0 Å². The fourth-order valence-corrected chi connectivity index (χ4v) is 3.06. The minimum Gasteiger partial charge on any atom is -0.484 e.